The van der Waals surface area contributed by atoms with Gasteiger partial charge in [-0.15, -0.1) is 0 Å². The molecule has 2 fully saturated rings. The number of ketones is 1. The molecule has 2 aliphatic rings. The zero-order valence-corrected chi connectivity index (χ0v) is 20.3. The van der Waals surface area contributed by atoms with Crippen LogP contribution in [0.25, 0.3) is 0 Å². The number of Topliss-reactive ketones (excluding diaryl/α,β-unsaturated/α-hetero) is 1. The summed E-state index contributed by atoms with van der Waals surface area (Å²) >= 11 is 0. The number of rotatable bonds is 8. The summed E-state index contributed by atoms with van der Waals surface area (Å²) in [6.07, 6.45) is 7.38. The average Bonchev–Trinajstić information content (AvgIpc) is 2.86. The lowest BCUT2D eigenvalue weighted by atomic mass is 9.88. The smallest absolute Gasteiger partial charge is 0.152 e. The molecular weight excluding hydrogens is 368 g/mol. The van der Waals surface area contributed by atoms with E-state index in [1.54, 1.807) is 0 Å². The molecule has 2 atom stereocenters. The zero-order chi connectivity index (χ0) is 21.9. The molecule has 1 aromatic rings. The molecule has 30 heavy (non-hydrogen) atoms. The van der Waals surface area contributed by atoms with Gasteiger partial charge in [0.1, 0.15) is 0 Å². The van der Waals surface area contributed by atoms with Crippen LogP contribution < -0.4 is 0 Å². The highest BCUT2D eigenvalue weighted by Crippen LogP contribution is 2.31. The number of likely N-dealkylation sites (tertiary alicyclic amines) is 1. The Balaban J connectivity index is 1.38. The van der Waals surface area contributed by atoms with Crippen LogP contribution in [0.3, 0.4) is 0 Å². The van der Waals surface area contributed by atoms with Crippen LogP contribution in [0, 0.1) is 10.8 Å². The fourth-order valence-corrected chi connectivity index (χ4v) is 5.02. The SMILES string of the molecule is CC(C)(C)Cc1ccc(CCCCN2CC3CCC(C2)N3CC(=O)C(C)(C)C)cc1. The van der Waals surface area contributed by atoms with E-state index >= 15 is 0 Å². The second-order valence-corrected chi connectivity index (χ2v) is 12.0. The van der Waals surface area contributed by atoms with Gasteiger partial charge in [-0.05, 0) is 61.6 Å². The molecule has 3 nitrogen and oxygen atoms in total. The maximum absolute atomic E-state index is 12.5. The van der Waals surface area contributed by atoms with Crippen molar-refractivity contribution < 1.29 is 4.79 Å². The standard InChI is InChI=1S/C27H44N2O/c1-26(2,3)17-22-12-10-21(11-13-22)9-7-8-16-28-18-23-14-15-24(19-28)29(23)20-25(30)27(4,5)6/h10-13,23-24H,7-9,14-20H2,1-6H3. The first kappa shape index (κ1) is 23.5. The van der Waals surface area contributed by atoms with Crippen LogP contribution in [0.15, 0.2) is 24.3 Å². The van der Waals surface area contributed by atoms with Crippen LogP contribution in [0.2, 0.25) is 0 Å². The van der Waals surface area contributed by atoms with Gasteiger partial charge in [-0.1, -0.05) is 65.8 Å². The summed E-state index contributed by atoms with van der Waals surface area (Å²) in [7, 11) is 0. The van der Waals surface area contributed by atoms with E-state index in [1.165, 1.54) is 49.8 Å². The number of carbonyl (C=O) groups excluding carboxylic acids is 1. The van der Waals surface area contributed by atoms with Crippen LogP contribution >= 0.6 is 0 Å². The predicted molar refractivity (Wildman–Crippen MR) is 127 cm³/mol. The Morgan fingerprint density at radius 1 is 0.900 bits per heavy atom. The Bertz CT molecular complexity index is 681. The topological polar surface area (TPSA) is 23.6 Å². The molecule has 2 aliphatic heterocycles. The van der Waals surface area contributed by atoms with Gasteiger partial charge in [-0.3, -0.25) is 9.69 Å². The largest absolute Gasteiger partial charge is 0.300 e. The summed E-state index contributed by atoms with van der Waals surface area (Å²) in [6, 6.07) is 10.5. The summed E-state index contributed by atoms with van der Waals surface area (Å²) in [5.74, 6) is 0.390. The molecule has 2 saturated heterocycles. The lowest BCUT2D eigenvalue weighted by Gasteiger charge is -2.41. The number of hydrogen-bond acceptors (Lipinski definition) is 3. The van der Waals surface area contributed by atoms with Crippen molar-refractivity contribution in [2.75, 3.05) is 26.2 Å². The first-order chi connectivity index (χ1) is 14.0. The molecule has 2 bridgehead atoms. The highest BCUT2D eigenvalue weighted by molar-refractivity contribution is 5.85. The minimum absolute atomic E-state index is 0.221. The van der Waals surface area contributed by atoms with Crippen LogP contribution in [0.4, 0.5) is 0 Å². The maximum Gasteiger partial charge on any atom is 0.152 e. The summed E-state index contributed by atoms with van der Waals surface area (Å²) in [6.45, 7) is 17.2. The lowest BCUT2D eigenvalue weighted by Crippen LogP contribution is -2.55. The number of piperazine rings is 1. The third-order valence-corrected chi connectivity index (χ3v) is 6.82. The van der Waals surface area contributed by atoms with Crippen LogP contribution in [-0.2, 0) is 17.6 Å². The number of unbranched alkanes of at least 4 members (excludes halogenated alkanes) is 1. The number of aryl methyl sites for hydroxylation is 1. The molecule has 0 N–H and O–H groups in total. The fraction of sp³-hybridized carbons (Fsp3) is 0.741. The Morgan fingerprint density at radius 3 is 2.00 bits per heavy atom. The second kappa shape index (κ2) is 9.53. The monoisotopic (exact) mass is 412 g/mol. The Kier molecular flexibility index (Phi) is 7.45. The number of hydrogen-bond donors (Lipinski definition) is 0. The van der Waals surface area contributed by atoms with Gasteiger partial charge in [0.15, 0.2) is 5.78 Å². The van der Waals surface area contributed by atoms with Crippen LogP contribution in [-0.4, -0.2) is 53.8 Å². The van der Waals surface area contributed by atoms with Crippen molar-refractivity contribution >= 4 is 5.78 Å². The van der Waals surface area contributed by atoms with E-state index in [4.69, 9.17) is 0 Å². The number of benzene rings is 1. The van der Waals surface area contributed by atoms with Gasteiger partial charge in [0.05, 0.1) is 6.54 Å². The van der Waals surface area contributed by atoms with E-state index < -0.39 is 0 Å². The van der Waals surface area contributed by atoms with Gasteiger partial charge in [0.2, 0.25) is 0 Å². The highest BCUT2D eigenvalue weighted by atomic mass is 16.1. The van der Waals surface area contributed by atoms with Gasteiger partial charge in [0, 0.05) is 30.6 Å². The van der Waals surface area contributed by atoms with Gasteiger partial charge in [0.25, 0.3) is 0 Å². The summed E-state index contributed by atoms with van der Waals surface area (Å²) in [5, 5.41) is 0. The van der Waals surface area contributed by atoms with Crippen molar-refractivity contribution in [3.63, 3.8) is 0 Å². The minimum Gasteiger partial charge on any atom is -0.300 e. The van der Waals surface area contributed by atoms with Gasteiger partial charge >= 0.3 is 0 Å². The highest BCUT2D eigenvalue weighted by Gasteiger charge is 2.41. The number of fused-ring (bicyclic) bond motifs is 2. The van der Waals surface area contributed by atoms with E-state index in [0.717, 1.165) is 19.5 Å². The molecule has 2 unspecified atom stereocenters. The predicted octanol–water partition coefficient (Wildman–Crippen LogP) is 5.36. The molecule has 2 heterocycles. The van der Waals surface area contributed by atoms with Gasteiger partial charge in [-0.25, -0.2) is 0 Å². The second-order valence-electron chi connectivity index (χ2n) is 12.0. The first-order valence-electron chi connectivity index (χ1n) is 12.1. The Labute approximate surface area is 185 Å². The summed E-state index contributed by atoms with van der Waals surface area (Å²) in [5.41, 5.74) is 3.05. The zero-order valence-electron chi connectivity index (χ0n) is 20.3. The normalized spacial score (nSPS) is 23.1. The Hall–Kier alpha value is -1.19. The molecule has 0 spiro atoms. The van der Waals surface area contributed by atoms with Crippen molar-refractivity contribution in [2.24, 2.45) is 10.8 Å². The maximum atomic E-state index is 12.5. The van der Waals surface area contributed by atoms with Crippen molar-refractivity contribution in [1.29, 1.82) is 0 Å². The molecule has 0 aromatic heterocycles. The molecule has 3 rings (SSSR count). The Morgan fingerprint density at radius 2 is 1.47 bits per heavy atom. The van der Waals surface area contributed by atoms with Crippen molar-refractivity contribution in [3.05, 3.63) is 35.4 Å². The minimum atomic E-state index is -0.221. The van der Waals surface area contributed by atoms with E-state index in [-0.39, 0.29) is 5.41 Å². The molecular formula is C27H44N2O. The lowest BCUT2D eigenvalue weighted by molar-refractivity contribution is -0.129. The molecule has 3 heteroatoms. The van der Waals surface area contributed by atoms with E-state index in [9.17, 15) is 4.79 Å². The van der Waals surface area contributed by atoms with E-state index in [1.807, 2.05) is 20.8 Å². The number of nitrogens with zero attached hydrogens (tertiary/aromatic N) is 2. The van der Waals surface area contributed by atoms with Crippen molar-refractivity contribution in [3.8, 4) is 0 Å². The third-order valence-electron chi connectivity index (χ3n) is 6.82. The first-order valence-corrected chi connectivity index (χ1v) is 12.1. The molecule has 1 aromatic carbocycles. The molecule has 0 saturated carbocycles. The average molecular weight is 413 g/mol. The van der Waals surface area contributed by atoms with Crippen LogP contribution in [0.5, 0.6) is 0 Å². The third kappa shape index (κ3) is 6.65. The van der Waals surface area contributed by atoms with Crippen LogP contribution in [0.1, 0.15) is 78.4 Å². The molecule has 0 aliphatic carbocycles. The quantitative estimate of drug-likeness (QED) is 0.537. The van der Waals surface area contributed by atoms with E-state index in [2.05, 4.69) is 54.8 Å². The summed E-state index contributed by atoms with van der Waals surface area (Å²) < 4.78 is 0. The molecule has 168 valence electrons. The van der Waals surface area contributed by atoms with Crippen molar-refractivity contribution in [2.45, 2.75) is 92.2 Å². The molecule has 0 radical (unpaired) electrons. The van der Waals surface area contributed by atoms with E-state index in [0.29, 0.717) is 29.8 Å². The fourth-order valence-electron chi connectivity index (χ4n) is 5.02. The molecule has 0 amide bonds. The summed E-state index contributed by atoms with van der Waals surface area (Å²) in [4.78, 5) is 17.7. The van der Waals surface area contributed by atoms with Gasteiger partial charge in [-0.2, -0.15) is 0 Å². The van der Waals surface area contributed by atoms with Gasteiger partial charge < -0.3 is 4.90 Å². The van der Waals surface area contributed by atoms with Crippen molar-refractivity contribution in [1.82, 2.24) is 9.80 Å². The number of carbonyl (C=O) groups is 1.